The van der Waals surface area contributed by atoms with E-state index >= 15 is 0 Å². The Morgan fingerprint density at radius 1 is 1.14 bits per heavy atom. The van der Waals surface area contributed by atoms with Crippen LogP contribution in [0.1, 0.15) is 5.56 Å². The van der Waals surface area contributed by atoms with Crippen molar-refractivity contribution in [1.82, 2.24) is 0 Å². The van der Waals surface area contributed by atoms with Gasteiger partial charge >= 0.3 is 0 Å². The maximum absolute atomic E-state index is 11.9. The number of benzene rings is 1. The van der Waals surface area contributed by atoms with Crippen molar-refractivity contribution in [3.63, 3.8) is 0 Å². The SMILES string of the molecule is COc1cc(/C=C2/N=C(SC)SC2=O)cc(OC)c1OC. The summed E-state index contributed by atoms with van der Waals surface area (Å²) in [4.78, 5) is 16.1. The van der Waals surface area contributed by atoms with Gasteiger partial charge in [-0.25, -0.2) is 4.99 Å². The fourth-order valence-corrected chi connectivity index (χ4v) is 3.08. The molecule has 21 heavy (non-hydrogen) atoms. The maximum Gasteiger partial charge on any atom is 0.244 e. The smallest absolute Gasteiger partial charge is 0.244 e. The van der Waals surface area contributed by atoms with E-state index in [2.05, 4.69) is 4.99 Å². The van der Waals surface area contributed by atoms with Crippen molar-refractivity contribution in [2.45, 2.75) is 0 Å². The van der Waals surface area contributed by atoms with Crippen molar-refractivity contribution in [2.75, 3.05) is 27.6 Å². The molecule has 0 saturated heterocycles. The number of carbonyl (C=O) groups excluding carboxylic acids is 1. The van der Waals surface area contributed by atoms with Crippen LogP contribution in [0, 0.1) is 0 Å². The van der Waals surface area contributed by atoms with E-state index in [1.165, 1.54) is 11.8 Å². The van der Waals surface area contributed by atoms with Crippen molar-refractivity contribution < 1.29 is 19.0 Å². The number of hydrogen-bond acceptors (Lipinski definition) is 7. The number of ether oxygens (including phenoxy) is 3. The van der Waals surface area contributed by atoms with Gasteiger partial charge in [0.25, 0.3) is 0 Å². The molecule has 1 aromatic carbocycles. The molecule has 0 atom stereocenters. The zero-order chi connectivity index (χ0) is 15.4. The Kier molecular flexibility index (Phi) is 5.19. The van der Waals surface area contributed by atoms with Crippen LogP contribution in [0.3, 0.4) is 0 Å². The van der Waals surface area contributed by atoms with Crippen molar-refractivity contribution >= 4 is 39.1 Å². The number of thioether (sulfide) groups is 2. The molecular formula is C14H15NO4S2. The molecule has 1 aliphatic rings. The number of aliphatic imine (C=N–C) groups is 1. The Morgan fingerprint density at radius 2 is 1.76 bits per heavy atom. The Morgan fingerprint density at radius 3 is 2.19 bits per heavy atom. The van der Waals surface area contributed by atoms with Crippen LogP contribution >= 0.6 is 23.5 Å². The zero-order valence-electron chi connectivity index (χ0n) is 12.1. The van der Waals surface area contributed by atoms with Crippen LogP contribution in [-0.4, -0.2) is 37.1 Å². The van der Waals surface area contributed by atoms with Gasteiger partial charge in [-0.15, -0.1) is 11.8 Å². The van der Waals surface area contributed by atoms with Crippen molar-refractivity contribution in [2.24, 2.45) is 4.99 Å². The zero-order valence-corrected chi connectivity index (χ0v) is 13.8. The Balaban J connectivity index is 2.46. The number of carbonyl (C=O) groups is 1. The van der Waals surface area contributed by atoms with Crippen LogP contribution in [0.25, 0.3) is 6.08 Å². The second-order valence-electron chi connectivity index (χ2n) is 3.96. The summed E-state index contributed by atoms with van der Waals surface area (Å²) in [6.07, 6.45) is 3.60. The fourth-order valence-electron chi connectivity index (χ4n) is 1.82. The van der Waals surface area contributed by atoms with E-state index in [1.807, 2.05) is 6.26 Å². The van der Waals surface area contributed by atoms with E-state index in [1.54, 1.807) is 39.5 Å². The van der Waals surface area contributed by atoms with Gasteiger partial charge in [-0.1, -0.05) is 0 Å². The fraction of sp³-hybridized carbons (Fsp3) is 0.286. The Bertz CT molecular complexity index is 600. The van der Waals surface area contributed by atoms with E-state index in [0.29, 0.717) is 22.9 Å². The molecule has 0 radical (unpaired) electrons. The molecule has 2 rings (SSSR count). The lowest BCUT2D eigenvalue weighted by Gasteiger charge is -2.12. The lowest BCUT2D eigenvalue weighted by atomic mass is 10.1. The molecular weight excluding hydrogens is 310 g/mol. The molecule has 1 aliphatic heterocycles. The van der Waals surface area contributed by atoms with Crippen LogP contribution < -0.4 is 14.2 Å². The maximum atomic E-state index is 11.9. The Hall–Kier alpha value is -1.60. The molecule has 0 saturated carbocycles. The summed E-state index contributed by atoms with van der Waals surface area (Å²) >= 11 is 2.59. The summed E-state index contributed by atoms with van der Waals surface area (Å²) in [6.45, 7) is 0. The molecule has 0 fully saturated rings. The highest BCUT2D eigenvalue weighted by Crippen LogP contribution is 2.39. The van der Waals surface area contributed by atoms with E-state index in [0.717, 1.165) is 21.7 Å². The van der Waals surface area contributed by atoms with Crippen LogP contribution in [0.2, 0.25) is 0 Å². The van der Waals surface area contributed by atoms with Gasteiger partial charge in [-0.2, -0.15) is 0 Å². The monoisotopic (exact) mass is 325 g/mol. The third-order valence-corrected chi connectivity index (χ3v) is 4.62. The van der Waals surface area contributed by atoms with Gasteiger partial charge in [0.1, 0.15) is 10.1 Å². The summed E-state index contributed by atoms with van der Waals surface area (Å²) in [7, 11) is 4.65. The third-order valence-electron chi connectivity index (χ3n) is 2.77. The minimum atomic E-state index is -0.0619. The van der Waals surface area contributed by atoms with Gasteiger partial charge in [0.05, 0.1) is 21.3 Å². The molecule has 0 bridgehead atoms. The van der Waals surface area contributed by atoms with Crippen molar-refractivity contribution in [3.8, 4) is 17.2 Å². The molecule has 0 amide bonds. The topological polar surface area (TPSA) is 57.1 Å². The molecule has 0 unspecified atom stereocenters. The van der Waals surface area contributed by atoms with Gasteiger partial charge in [-0.05, 0) is 41.8 Å². The first-order valence-electron chi connectivity index (χ1n) is 5.99. The molecule has 5 nitrogen and oxygen atoms in total. The lowest BCUT2D eigenvalue weighted by molar-refractivity contribution is -0.107. The largest absolute Gasteiger partial charge is 0.493 e. The molecule has 0 aliphatic carbocycles. The lowest BCUT2D eigenvalue weighted by Crippen LogP contribution is -1.96. The minimum Gasteiger partial charge on any atom is -0.493 e. The average Bonchev–Trinajstić information content (AvgIpc) is 2.86. The highest BCUT2D eigenvalue weighted by atomic mass is 32.2. The number of hydrogen-bond donors (Lipinski definition) is 0. The van der Waals surface area contributed by atoms with Crippen LogP contribution in [-0.2, 0) is 4.79 Å². The van der Waals surface area contributed by atoms with Gasteiger partial charge in [0.2, 0.25) is 10.9 Å². The molecule has 1 aromatic rings. The summed E-state index contributed by atoms with van der Waals surface area (Å²) < 4.78 is 16.6. The molecule has 112 valence electrons. The predicted molar refractivity (Wildman–Crippen MR) is 87.6 cm³/mol. The number of rotatable bonds is 4. The van der Waals surface area contributed by atoms with E-state index in [4.69, 9.17) is 14.2 Å². The van der Waals surface area contributed by atoms with E-state index in [-0.39, 0.29) is 5.12 Å². The van der Waals surface area contributed by atoms with Gasteiger partial charge in [0.15, 0.2) is 11.5 Å². The normalized spacial score (nSPS) is 16.1. The van der Waals surface area contributed by atoms with Crippen LogP contribution in [0.5, 0.6) is 17.2 Å². The van der Waals surface area contributed by atoms with Gasteiger partial charge < -0.3 is 14.2 Å². The number of nitrogens with zero attached hydrogens (tertiary/aromatic N) is 1. The molecule has 0 N–H and O–H groups in total. The predicted octanol–water partition coefficient (Wildman–Crippen LogP) is 3.05. The van der Waals surface area contributed by atoms with Crippen molar-refractivity contribution in [3.05, 3.63) is 23.4 Å². The summed E-state index contributed by atoms with van der Waals surface area (Å²) in [5.41, 5.74) is 1.18. The molecule has 1 heterocycles. The van der Waals surface area contributed by atoms with Crippen LogP contribution in [0.4, 0.5) is 0 Å². The second-order valence-corrected chi connectivity index (χ2v) is 5.97. The van der Waals surface area contributed by atoms with E-state index < -0.39 is 0 Å². The van der Waals surface area contributed by atoms with Crippen molar-refractivity contribution in [1.29, 1.82) is 0 Å². The van der Waals surface area contributed by atoms with Crippen LogP contribution in [0.15, 0.2) is 22.8 Å². The second kappa shape index (κ2) is 6.91. The van der Waals surface area contributed by atoms with Gasteiger partial charge in [-0.3, -0.25) is 4.79 Å². The number of methoxy groups -OCH3 is 3. The highest BCUT2D eigenvalue weighted by molar-refractivity contribution is 8.45. The third kappa shape index (κ3) is 3.36. The first kappa shape index (κ1) is 15.8. The average molecular weight is 325 g/mol. The summed E-state index contributed by atoms with van der Waals surface area (Å²) in [6, 6.07) is 3.55. The standard InChI is InChI=1S/C14H15NO4S2/c1-17-10-6-8(7-11(18-2)12(10)19-3)5-9-13(16)21-14(15-9)20-4/h5-7H,1-4H3/b9-5+. The Labute approximate surface area is 131 Å². The summed E-state index contributed by atoms with van der Waals surface area (Å²) in [5, 5.41) is -0.0619. The minimum absolute atomic E-state index is 0.0619. The summed E-state index contributed by atoms with van der Waals surface area (Å²) in [5.74, 6) is 1.59. The molecule has 7 heteroatoms. The quantitative estimate of drug-likeness (QED) is 0.793. The first-order valence-corrected chi connectivity index (χ1v) is 8.03. The van der Waals surface area contributed by atoms with Gasteiger partial charge in [0, 0.05) is 0 Å². The highest BCUT2D eigenvalue weighted by Gasteiger charge is 2.22. The molecule has 0 spiro atoms. The van der Waals surface area contributed by atoms with E-state index in [9.17, 15) is 4.79 Å². The molecule has 0 aromatic heterocycles. The first-order chi connectivity index (χ1) is 10.1.